The fourth-order valence-corrected chi connectivity index (χ4v) is 4.31. The number of carbonyl (C=O) groups excluding carboxylic acids is 1. The topological polar surface area (TPSA) is 123 Å². The largest absolute Gasteiger partial charge is 0.418 e. The molecule has 5 aromatic rings. The smallest absolute Gasteiger partial charge is 0.412 e. The number of halogens is 5. The van der Waals surface area contributed by atoms with Gasteiger partial charge < -0.3 is 14.3 Å². The third-order valence-electron chi connectivity index (χ3n) is 5.95. The molecular weight excluding hydrogens is 505 g/mol. The summed E-state index contributed by atoms with van der Waals surface area (Å²) in [5.74, 6) is -1.37. The van der Waals surface area contributed by atoms with Crippen LogP contribution in [0.3, 0.4) is 0 Å². The van der Waals surface area contributed by atoms with Crippen molar-refractivity contribution in [2.45, 2.75) is 25.2 Å². The molecule has 0 saturated carbocycles. The van der Waals surface area contributed by atoms with Crippen molar-refractivity contribution >= 4 is 11.4 Å². The summed E-state index contributed by atoms with van der Waals surface area (Å²) in [6, 6.07) is 2.48. The van der Waals surface area contributed by atoms with Crippen molar-refractivity contribution in [1.82, 2.24) is 44.5 Å². The van der Waals surface area contributed by atoms with Gasteiger partial charge in [-0.05, 0) is 18.2 Å². The van der Waals surface area contributed by atoms with E-state index in [1.807, 2.05) is 0 Å². The van der Waals surface area contributed by atoms with Gasteiger partial charge in [0.2, 0.25) is 0 Å². The van der Waals surface area contributed by atoms with Gasteiger partial charge in [-0.3, -0.25) is 4.79 Å². The second-order valence-electron chi connectivity index (χ2n) is 8.14. The summed E-state index contributed by atoms with van der Waals surface area (Å²) in [7, 11) is 0. The second-order valence-corrected chi connectivity index (χ2v) is 8.14. The van der Waals surface area contributed by atoms with Gasteiger partial charge in [0.15, 0.2) is 0 Å². The predicted octanol–water partition coefficient (Wildman–Crippen LogP) is 3.51. The number of fused-ring (bicyclic) bond motifs is 2. The maximum absolute atomic E-state index is 13.6. The number of hydrogen-bond donors (Lipinski definition) is 1. The van der Waals surface area contributed by atoms with E-state index in [4.69, 9.17) is 4.42 Å². The van der Waals surface area contributed by atoms with Crippen LogP contribution >= 0.6 is 0 Å². The van der Waals surface area contributed by atoms with Crippen molar-refractivity contribution in [2.75, 3.05) is 6.54 Å². The number of nitrogens with zero attached hydrogens (tertiary/aromatic N) is 8. The van der Waals surface area contributed by atoms with Crippen molar-refractivity contribution in [3.8, 4) is 11.5 Å². The summed E-state index contributed by atoms with van der Waals surface area (Å²) < 4.78 is 73.3. The molecule has 6 rings (SSSR count). The molecule has 0 aliphatic carbocycles. The van der Waals surface area contributed by atoms with Crippen LogP contribution in [-0.4, -0.2) is 56.9 Å². The van der Waals surface area contributed by atoms with E-state index >= 15 is 0 Å². The average molecular weight is 519 g/mol. The lowest BCUT2D eigenvalue weighted by Crippen LogP contribution is -2.41. The van der Waals surface area contributed by atoms with Crippen molar-refractivity contribution in [3.05, 3.63) is 71.7 Å². The number of amides is 1. The number of carbonyl (C=O) groups is 1. The average Bonchev–Trinajstić information content (AvgIpc) is 3.66. The number of pyridine rings is 1. The van der Waals surface area contributed by atoms with E-state index in [2.05, 4.69) is 30.4 Å². The first kappa shape index (κ1) is 22.8. The van der Waals surface area contributed by atoms with Crippen LogP contribution in [0.5, 0.6) is 0 Å². The standard InChI is InChI=1S/C21H14F5N9O2/c22-20(23)35-8-10(7-29-35)17-30-31-18(37-17)19(36)33-5-3-12-15(28-9-27-12)16(33)13-6-14-11(21(24,25)26)2-1-4-34(14)32-13/h1-2,4,6-9,16,20H,3,5H2,(H,27,28)/t16-/m1/s1. The number of H-pyrrole nitrogens is 1. The summed E-state index contributed by atoms with van der Waals surface area (Å²) >= 11 is 0. The van der Waals surface area contributed by atoms with Gasteiger partial charge in [-0.15, -0.1) is 10.2 Å². The third kappa shape index (κ3) is 3.80. The van der Waals surface area contributed by atoms with Gasteiger partial charge in [-0.1, -0.05) is 0 Å². The van der Waals surface area contributed by atoms with Crippen LogP contribution < -0.4 is 0 Å². The van der Waals surface area contributed by atoms with E-state index in [0.717, 1.165) is 23.0 Å². The van der Waals surface area contributed by atoms with Gasteiger partial charge in [0.05, 0.1) is 40.6 Å². The van der Waals surface area contributed by atoms with Crippen LogP contribution in [0.25, 0.3) is 17.0 Å². The molecule has 0 spiro atoms. The first-order valence-corrected chi connectivity index (χ1v) is 10.8. The molecule has 5 aromatic heterocycles. The second kappa shape index (κ2) is 8.21. The van der Waals surface area contributed by atoms with E-state index in [9.17, 15) is 26.7 Å². The summed E-state index contributed by atoms with van der Waals surface area (Å²) in [5, 5.41) is 15.3. The summed E-state index contributed by atoms with van der Waals surface area (Å²) in [5.41, 5.74) is 0.279. The minimum absolute atomic E-state index is 0.0802. The van der Waals surface area contributed by atoms with Gasteiger partial charge in [0.1, 0.15) is 6.04 Å². The predicted molar refractivity (Wildman–Crippen MR) is 112 cm³/mol. The number of alkyl halides is 5. The minimum Gasteiger partial charge on any atom is -0.412 e. The summed E-state index contributed by atoms with van der Waals surface area (Å²) in [6.07, 6.45) is 0.633. The van der Waals surface area contributed by atoms with Crippen LogP contribution in [0.1, 0.15) is 45.9 Å². The molecule has 0 aromatic carbocycles. The van der Waals surface area contributed by atoms with Gasteiger partial charge in [-0.2, -0.15) is 32.1 Å². The maximum atomic E-state index is 13.6. The number of hydrogen-bond acceptors (Lipinski definition) is 7. The lowest BCUT2D eigenvalue weighted by Gasteiger charge is -2.32. The summed E-state index contributed by atoms with van der Waals surface area (Å²) in [4.78, 5) is 22.0. The molecule has 0 saturated heterocycles. The molecule has 0 bridgehead atoms. The van der Waals surface area contributed by atoms with Crippen LogP contribution in [-0.2, 0) is 12.6 Å². The normalized spacial score (nSPS) is 16.1. The zero-order valence-corrected chi connectivity index (χ0v) is 18.4. The molecule has 0 unspecified atom stereocenters. The first-order chi connectivity index (χ1) is 17.7. The summed E-state index contributed by atoms with van der Waals surface area (Å²) in [6.45, 7) is -2.74. The highest BCUT2D eigenvalue weighted by Crippen LogP contribution is 2.37. The van der Waals surface area contributed by atoms with Crippen LogP contribution in [0.2, 0.25) is 0 Å². The van der Waals surface area contributed by atoms with E-state index in [-0.39, 0.29) is 29.2 Å². The molecule has 1 amide bonds. The van der Waals surface area contributed by atoms with Crippen LogP contribution in [0.15, 0.2) is 47.5 Å². The highest BCUT2D eigenvalue weighted by Gasteiger charge is 2.39. The Morgan fingerprint density at radius 1 is 1.24 bits per heavy atom. The van der Waals surface area contributed by atoms with Gasteiger partial charge in [0.25, 0.3) is 5.89 Å². The molecule has 37 heavy (non-hydrogen) atoms. The zero-order chi connectivity index (χ0) is 25.9. The Hall–Kier alpha value is -4.63. The molecule has 1 aliphatic heterocycles. The molecule has 1 atom stereocenters. The van der Waals surface area contributed by atoms with E-state index in [1.165, 1.54) is 29.6 Å². The van der Waals surface area contributed by atoms with E-state index in [1.54, 1.807) is 0 Å². The lowest BCUT2D eigenvalue weighted by molar-refractivity contribution is -0.136. The first-order valence-electron chi connectivity index (χ1n) is 10.8. The van der Waals surface area contributed by atoms with Crippen LogP contribution in [0.4, 0.5) is 22.0 Å². The molecule has 16 heteroatoms. The Morgan fingerprint density at radius 2 is 2.08 bits per heavy atom. The Balaban J connectivity index is 1.39. The monoisotopic (exact) mass is 519 g/mol. The maximum Gasteiger partial charge on any atom is 0.418 e. The van der Waals surface area contributed by atoms with E-state index < -0.39 is 36.1 Å². The van der Waals surface area contributed by atoms with Crippen molar-refractivity contribution < 1.29 is 31.2 Å². The number of imidazole rings is 1. The molecule has 1 N–H and O–H groups in total. The zero-order valence-electron chi connectivity index (χ0n) is 18.4. The Labute approximate surface area is 202 Å². The molecule has 0 fully saturated rings. The molecular formula is C21H14F5N9O2. The number of aromatic nitrogens is 8. The molecule has 1 aliphatic rings. The highest BCUT2D eigenvalue weighted by atomic mass is 19.4. The third-order valence-corrected chi connectivity index (χ3v) is 5.95. The minimum atomic E-state index is -4.61. The van der Waals surface area contributed by atoms with Gasteiger partial charge >= 0.3 is 24.5 Å². The quantitative estimate of drug-likeness (QED) is 0.361. The van der Waals surface area contributed by atoms with Crippen molar-refractivity contribution in [2.24, 2.45) is 0 Å². The van der Waals surface area contributed by atoms with Crippen molar-refractivity contribution in [3.63, 3.8) is 0 Å². The SMILES string of the molecule is O=C(c1nnc(-c2cnn(C(F)F)c2)o1)N1CCc2[nH]cnc2[C@H]1c1cc2c(C(F)(F)F)cccn2n1. The Morgan fingerprint density at radius 3 is 2.84 bits per heavy atom. The number of rotatable bonds is 4. The fraction of sp³-hybridized carbons (Fsp3) is 0.238. The molecule has 6 heterocycles. The van der Waals surface area contributed by atoms with Gasteiger partial charge in [0, 0.05) is 31.1 Å². The van der Waals surface area contributed by atoms with Gasteiger partial charge in [-0.25, -0.2) is 14.2 Å². The fourth-order valence-electron chi connectivity index (χ4n) is 4.31. The van der Waals surface area contributed by atoms with E-state index in [0.29, 0.717) is 22.5 Å². The lowest BCUT2D eigenvalue weighted by atomic mass is 9.99. The highest BCUT2D eigenvalue weighted by molar-refractivity contribution is 5.90. The Bertz CT molecular complexity index is 1620. The molecule has 190 valence electrons. The number of aromatic amines is 1. The van der Waals surface area contributed by atoms with Crippen LogP contribution in [0, 0.1) is 0 Å². The molecule has 11 nitrogen and oxygen atoms in total. The number of nitrogens with one attached hydrogen (secondary N) is 1. The van der Waals surface area contributed by atoms with Crippen molar-refractivity contribution in [1.29, 1.82) is 0 Å². The molecule has 0 radical (unpaired) electrons. The Kier molecular flexibility index (Phi) is 5.06.